The van der Waals surface area contributed by atoms with Gasteiger partial charge in [-0.15, -0.1) is 0 Å². The van der Waals surface area contributed by atoms with Crippen LogP contribution < -0.4 is 15.4 Å². The standard InChI is InChI=1S/C16H28N2O2/c1-5-9-20-16-11-14(6-7-15(16)17)18(8-10-19-4)12-13(2)3/h6-7,11,13H,5,8-10,12,17H2,1-4H3. The normalized spacial score (nSPS) is 10.8. The summed E-state index contributed by atoms with van der Waals surface area (Å²) in [5.74, 6) is 1.36. The van der Waals surface area contributed by atoms with Gasteiger partial charge in [-0.2, -0.15) is 0 Å². The molecule has 0 aliphatic rings. The van der Waals surface area contributed by atoms with Crippen LogP contribution in [0.1, 0.15) is 27.2 Å². The van der Waals surface area contributed by atoms with Crippen molar-refractivity contribution in [1.29, 1.82) is 0 Å². The lowest BCUT2D eigenvalue weighted by Gasteiger charge is -2.27. The van der Waals surface area contributed by atoms with Crippen molar-refractivity contribution in [3.63, 3.8) is 0 Å². The molecule has 0 aliphatic carbocycles. The zero-order chi connectivity index (χ0) is 15.0. The highest BCUT2D eigenvalue weighted by molar-refractivity contribution is 5.62. The molecule has 0 aliphatic heterocycles. The molecule has 0 saturated heterocycles. The van der Waals surface area contributed by atoms with E-state index in [1.807, 2.05) is 18.2 Å². The molecular weight excluding hydrogens is 252 g/mol. The Morgan fingerprint density at radius 1 is 1.25 bits per heavy atom. The Morgan fingerprint density at radius 2 is 2.00 bits per heavy atom. The topological polar surface area (TPSA) is 47.7 Å². The molecule has 4 heteroatoms. The molecule has 0 saturated carbocycles. The Bertz CT molecular complexity index is 394. The van der Waals surface area contributed by atoms with E-state index in [9.17, 15) is 0 Å². The van der Waals surface area contributed by atoms with Gasteiger partial charge in [-0.05, 0) is 24.5 Å². The number of benzene rings is 1. The summed E-state index contributed by atoms with van der Waals surface area (Å²) in [6.45, 7) is 9.77. The zero-order valence-electron chi connectivity index (χ0n) is 13.2. The summed E-state index contributed by atoms with van der Waals surface area (Å²) in [5, 5.41) is 0. The molecule has 0 aromatic heterocycles. The molecule has 0 fully saturated rings. The Hall–Kier alpha value is -1.42. The number of anilines is 2. The van der Waals surface area contributed by atoms with Gasteiger partial charge in [0.2, 0.25) is 0 Å². The molecule has 0 atom stereocenters. The van der Waals surface area contributed by atoms with Crippen molar-refractivity contribution in [1.82, 2.24) is 0 Å². The quantitative estimate of drug-likeness (QED) is 0.706. The van der Waals surface area contributed by atoms with Crippen LogP contribution in [0.2, 0.25) is 0 Å². The predicted octanol–water partition coefficient (Wildman–Crippen LogP) is 3.17. The van der Waals surface area contributed by atoms with E-state index in [-0.39, 0.29) is 0 Å². The minimum atomic E-state index is 0.587. The van der Waals surface area contributed by atoms with Gasteiger partial charge >= 0.3 is 0 Å². The second-order valence-corrected chi connectivity index (χ2v) is 5.40. The molecule has 2 N–H and O–H groups in total. The molecule has 0 bridgehead atoms. The third kappa shape index (κ3) is 5.29. The van der Waals surface area contributed by atoms with E-state index in [1.54, 1.807) is 7.11 Å². The van der Waals surface area contributed by atoms with Crippen LogP contribution in [0.4, 0.5) is 11.4 Å². The molecule has 1 rings (SSSR count). The average Bonchev–Trinajstić information content (AvgIpc) is 2.42. The summed E-state index contributed by atoms with van der Waals surface area (Å²) in [7, 11) is 1.73. The summed E-state index contributed by atoms with van der Waals surface area (Å²) in [5.41, 5.74) is 7.79. The van der Waals surface area contributed by atoms with Gasteiger partial charge < -0.3 is 20.1 Å². The third-order valence-corrected chi connectivity index (χ3v) is 2.97. The number of rotatable bonds is 9. The first-order valence-electron chi connectivity index (χ1n) is 7.34. The van der Waals surface area contributed by atoms with Crippen molar-refractivity contribution in [2.45, 2.75) is 27.2 Å². The predicted molar refractivity (Wildman–Crippen MR) is 85.6 cm³/mol. The number of ether oxygens (including phenoxy) is 2. The van der Waals surface area contributed by atoms with Crippen LogP contribution in [0.15, 0.2) is 18.2 Å². The fourth-order valence-corrected chi connectivity index (χ4v) is 2.02. The average molecular weight is 280 g/mol. The molecule has 0 amide bonds. The summed E-state index contributed by atoms with van der Waals surface area (Å²) in [4.78, 5) is 2.31. The number of nitrogens with two attached hydrogens (primary N) is 1. The van der Waals surface area contributed by atoms with E-state index in [1.165, 1.54) is 0 Å². The summed E-state index contributed by atoms with van der Waals surface area (Å²) >= 11 is 0. The lowest BCUT2D eigenvalue weighted by atomic mass is 10.1. The first-order valence-corrected chi connectivity index (χ1v) is 7.34. The monoisotopic (exact) mass is 280 g/mol. The number of hydrogen-bond donors (Lipinski definition) is 1. The van der Waals surface area contributed by atoms with Gasteiger partial charge in [-0.25, -0.2) is 0 Å². The first kappa shape index (κ1) is 16.6. The van der Waals surface area contributed by atoms with Crippen molar-refractivity contribution >= 4 is 11.4 Å². The Morgan fingerprint density at radius 3 is 2.60 bits per heavy atom. The molecule has 0 radical (unpaired) electrons. The Labute approximate surface area is 122 Å². The van der Waals surface area contributed by atoms with Crippen molar-refractivity contribution in [3.05, 3.63) is 18.2 Å². The van der Waals surface area contributed by atoms with Gasteiger partial charge in [0.15, 0.2) is 0 Å². The van der Waals surface area contributed by atoms with Crippen LogP contribution in [-0.2, 0) is 4.74 Å². The maximum atomic E-state index is 5.96. The van der Waals surface area contributed by atoms with Crippen LogP contribution in [-0.4, -0.2) is 33.4 Å². The van der Waals surface area contributed by atoms with E-state index in [4.69, 9.17) is 15.2 Å². The molecule has 1 aromatic rings. The zero-order valence-corrected chi connectivity index (χ0v) is 13.2. The van der Waals surface area contributed by atoms with E-state index >= 15 is 0 Å². The van der Waals surface area contributed by atoms with Gasteiger partial charge in [0.05, 0.1) is 18.9 Å². The Balaban J connectivity index is 2.88. The van der Waals surface area contributed by atoms with Crippen LogP contribution >= 0.6 is 0 Å². The lowest BCUT2D eigenvalue weighted by molar-refractivity contribution is 0.204. The molecule has 0 spiro atoms. The SMILES string of the molecule is CCCOc1cc(N(CCOC)CC(C)C)ccc1N. The smallest absolute Gasteiger partial charge is 0.144 e. The lowest BCUT2D eigenvalue weighted by Crippen LogP contribution is -2.31. The van der Waals surface area contributed by atoms with Gasteiger partial charge in [-0.3, -0.25) is 0 Å². The number of nitrogen functional groups attached to an aromatic ring is 1. The molecule has 114 valence electrons. The minimum absolute atomic E-state index is 0.587. The molecule has 0 unspecified atom stereocenters. The third-order valence-electron chi connectivity index (χ3n) is 2.97. The van der Waals surface area contributed by atoms with Crippen LogP contribution in [0.5, 0.6) is 5.75 Å². The van der Waals surface area contributed by atoms with Crippen molar-refractivity contribution in [3.8, 4) is 5.75 Å². The summed E-state index contributed by atoms with van der Waals surface area (Å²) in [6.07, 6.45) is 0.975. The van der Waals surface area contributed by atoms with E-state index in [2.05, 4.69) is 25.7 Å². The Kier molecular flexibility index (Phi) is 7.23. The molecular formula is C16H28N2O2. The molecule has 1 aromatic carbocycles. The maximum absolute atomic E-state index is 5.96. The molecule has 20 heavy (non-hydrogen) atoms. The molecule has 4 nitrogen and oxygen atoms in total. The minimum Gasteiger partial charge on any atom is -0.491 e. The fraction of sp³-hybridized carbons (Fsp3) is 0.625. The van der Waals surface area contributed by atoms with Gasteiger partial charge in [0, 0.05) is 32.0 Å². The number of hydrogen-bond acceptors (Lipinski definition) is 4. The van der Waals surface area contributed by atoms with Crippen molar-refractivity contribution < 1.29 is 9.47 Å². The van der Waals surface area contributed by atoms with Crippen molar-refractivity contribution in [2.24, 2.45) is 5.92 Å². The summed E-state index contributed by atoms with van der Waals surface area (Å²) < 4.78 is 10.9. The number of nitrogens with zero attached hydrogens (tertiary/aromatic N) is 1. The van der Waals surface area contributed by atoms with Crippen LogP contribution in [0, 0.1) is 5.92 Å². The highest BCUT2D eigenvalue weighted by Gasteiger charge is 2.11. The fourth-order valence-electron chi connectivity index (χ4n) is 2.02. The highest BCUT2D eigenvalue weighted by atomic mass is 16.5. The van der Waals surface area contributed by atoms with Crippen LogP contribution in [0.3, 0.4) is 0 Å². The number of methoxy groups -OCH3 is 1. The van der Waals surface area contributed by atoms with Gasteiger partial charge in [0.1, 0.15) is 5.75 Å². The van der Waals surface area contributed by atoms with E-state index in [0.29, 0.717) is 24.8 Å². The second-order valence-electron chi connectivity index (χ2n) is 5.40. The van der Waals surface area contributed by atoms with Crippen molar-refractivity contribution in [2.75, 3.05) is 44.0 Å². The first-order chi connectivity index (χ1) is 9.58. The second kappa shape index (κ2) is 8.69. The van der Waals surface area contributed by atoms with Crippen LogP contribution in [0.25, 0.3) is 0 Å². The van der Waals surface area contributed by atoms with Gasteiger partial charge in [-0.1, -0.05) is 20.8 Å². The summed E-state index contributed by atoms with van der Waals surface area (Å²) in [6, 6.07) is 6.00. The maximum Gasteiger partial charge on any atom is 0.144 e. The van der Waals surface area contributed by atoms with Gasteiger partial charge in [0.25, 0.3) is 0 Å². The molecule has 0 heterocycles. The highest BCUT2D eigenvalue weighted by Crippen LogP contribution is 2.28. The van der Waals surface area contributed by atoms with E-state index < -0.39 is 0 Å². The van der Waals surface area contributed by atoms with E-state index in [0.717, 1.165) is 30.9 Å². The largest absolute Gasteiger partial charge is 0.491 e.